The molecule has 70 valence electrons. The average molecular weight is 245 g/mol. The number of carbonyl (C=O) groups excluding carboxylic acids is 1. The van der Waals surface area contributed by atoms with Crippen molar-refractivity contribution in [2.45, 2.75) is 0 Å². The SMILES string of the molecule is COC(=O)c1ccc(N)c(N)c1Br. The summed E-state index contributed by atoms with van der Waals surface area (Å²) >= 11 is 3.17. The minimum atomic E-state index is -0.446. The van der Waals surface area contributed by atoms with Gasteiger partial charge in [-0.05, 0) is 28.1 Å². The molecule has 1 rings (SSSR count). The van der Waals surface area contributed by atoms with Crippen molar-refractivity contribution >= 4 is 33.3 Å². The van der Waals surface area contributed by atoms with Gasteiger partial charge in [-0.1, -0.05) is 0 Å². The first-order chi connectivity index (χ1) is 6.07. The summed E-state index contributed by atoms with van der Waals surface area (Å²) in [6.45, 7) is 0. The van der Waals surface area contributed by atoms with Gasteiger partial charge in [0.1, 0.15) is 0 Å². The number of methoxy groups -OCH3 is 1. The highest BCUT2D eigenvalue weighted by molar-refractivity contribution is 9.10. The third-order valence-electron chi connectivity index (χ3n) is 1.62. The van der Waals surface area contributed by atoms with Gasteiger partial charge < -0.3 is 16.2 Å². The second-order valence-electron chi connectivity index (χ2n) is 2.42. The maximum Gasteiger partial charge on any atom is 0.339 e. The number of esters is 1. The van der Waals surface area contributed by atoms with E-state index < -0.39 is 5.97 Å². The van der Waals surface area contributed by atoms with Crippen molar-refractivity contribution in [3.05, 3.63) is 22.2 Å². The summed E-state index contributed by atoms with van der Waals surface area (Å²) in [5.74, 6) is -0.446. The van der Waals surface area contributed by atoms with Gasteiger partial charge in [0, 0.05) is 0 Å². The highest BCUT2D eigenvalue weighted by atomic mass is 79.9. The van der Waals surface area contributed by atoms with Crippen LogP contribution in [0.4, 0.5) is 11.4 Å². The molecule has 1 aromatic carbocycles. The van der Waals surface area contributed by atoms with Crippen LogP contribution in [0, 0.1) is 0 Å². The summed E-state index contributed by atoms with van der Waals surface area (Å²) in [7, 11) is 1.31. The van der Waals surface area contributed by atoms with Gasteiger partial charge in [-0.25, -0.2) is 4.79 Å². The molecule has 13 heavy (non-hydrogen) atoms. The van der Waals surface area contributed by atoms with E-state index in [1.165, 1.54) is 7.11 Å². The first-order valence-electron chi connectivity index (χ1n) is 3.49. The molecule has 1 aromatic rings. The molecule has 5 heteroatoms. The maximum atomic E-state index is 11.1. The van der Waals surface area contributed by atoms with Crippen LogP contribution in [0.2, 0.25) is 0 Å². The Bertz CT molecular complexity index is 352. The molecule has 0 aliphatic rings. The summed E-state index contributed by atoms with van der Waals surface area (Å²) in [4.78, 5) is 11.1. The fraction of sp³-hybridized carbons (Fsp3) is 0.125. The normalized spacial score (nSPS) is 9.69. The molecule has 0 bridgehead atoms. The number of hydrogen-bond donors (Lipinski definition) is 2. The fourth-order valence-corrected chi connectivity index (χ4v) is 1.40. The van der Waals surface area contributed by atoms with E-state index in [-0.39, 0.29) is 0 Å². The van der Waals surface area contributed by atoms with Gasteiger partial charge in [-0.3, -0.25) is 0 Å². The smallest absolute Gasteiger partial charge is 0.339 e. The molecular formula is C8H9BrN2O2. The van der Waals surface area contributed by atoms with E-state index in [1.807, 2.05) is 0 Å². The lowest BCUT2D eigenvalue weighted by Gasteiger charge is -2.06. The Morgan fingerprint density at radius 1 is 1.46 bits per heavy atom. The van der Waals surface area contributed by atoms with E-state index in [9.17, 15) is 4.79 Å². The Hall–Kier alpha value is -1.23. The number of benzene rings is 1. The first kappa shape index (κ1) is 9.85. The number of rotatable bonds is 1. The van der Waals surface area contributed by atoms with E-state index in [0.717, 1.165) is 0 Å². The molecule has 0 saturated carbocycles. The minimum absolute atomic E-state index is 0.350. The minimum Gasteiger partial charge on any atom is -0.465 e. The highest BCUT2D eigenvalue weighted by Gasteiger charge is 2.13. The van der Waals surface area contributed by atoms with Gasteiger partial charge in [0.05, 0.1) is 28.5 Å². The number of nitrogen functional groups attached to an aromatic ring is 2. The second-order valence-corrected chi connectivity index (χ2v) is 3.21. The van der Waals surface area contributed by atoms with E-state index in [4.69, 9.17) is 11.5 Å². The van der Waals surface area contributed by atoms with E-state index in [2.05, 4.69) is 20.7 Å². The lowest BCUT2D eigenvalue weighted by Crippen LogP contribution is -2.05. The van der Waals surface area contributed by atoms with Gasteiger partial charge in [-0.2, -0.15) is 0 Å². The van der Waals surface area contributed by atoms with Crippen molar-refractivity contribution in [2.24, 2.45) is 0 Å². The van der Waals surface area contributed by atoms with Crippen molar-refractivity contribution in [1.82, 2.24) is 0 Å². The Labute approximate surface area is 84.0 Å². The zero-order valence-electron chi connectivity index (χ0n) is 7.00. The number of halogens is 1. The standard InChI is InChI=1S/C8H9BrN2O2/c1-13-8(12)4-2-3-5(10)7(11)6(4)9/h2-3H,10-11H2,1H3. The van der Waals surface area contributed by atoms with Crippen molar-refractivity contribution in [3.63, 3.8) is 0 Å². The van der Waals surface area contributed by atoms with Crippen molar-refractivity contribution in [1.29, 1.82) is 0 Å². The molecule has 0 amide bonds. The number of nitrogens with two attached hydrogens (primary N) is 2. The van der Waals surface area contributed by atoms with Crippen LogP contribution in [0.15, 0.2) is 16.6 Å². The maximum absolute atomic E-state index is 11.1. The molecule has 0 heterocycles. The molecule has 0 atom stereocenters. The van der Waals surface area contributed by atoms with Crippen LogP contribution < -0.4 is 11.5 Å². The summed E-state index contributed by atoms with van der Waals surface area (Å²) in [5, 5.41) is 0. The lowest BCUT2D eigenvalue weighted by atomic mass is 10.2. The molecule has 4 N–H and O–H groups in total. The Morgan fingerprint density at radius 2 is 2.08 bits per heavy atom. The van der Waals surface area contributed by atoms with Gasteiger partial charge >= 0.3 is 5.97 Å². The molecule has 0 spiro atoms. The van der Waals surface area contributed by atoms with Crippen molar-refractivity contribution in [2.75, 3.05) is 18.6 Å². The zero-order chi connectivity index (χ0) is 10.0. The molecule has 0 unspecified atom stereocenters. The molecule has 0 aliphatic carbocycles. The van der Waals surface area contributed by atoms with Crippen LogP contribution >= 0.6 is 15.9 Å². The Kier molecular flexibility index (Phi) is 2.77. The average Bonchev–Trinajstić information content (AvgIpc) is 2.13. The van der Waals surface area contributed by atoms with Gasteiger partial charge in [0.25, 0.3) is 0 Å². The topological polar surface area (TPSA) is 78.3 Å². The van der Waals surface area contributed by atoms with Crippen molar-refractivity contribution < 1.29 is 9.53 Å². The van der Waals surface area contributed by atoms with Gasteiger partial charge in [-0.15, -0.1) is 0 Å². The number of carbonyl (C=O) groups is 1. The first-order valence-corrected chi connectivity index (χ1v) is 4.29. The molecule has 4 nitrogen and oxygen atoms in total. The number of ether oxygens (including phenoxy) is 1. The Morgan fingerprint density at radius 3 is 2.62 bits per heavy atom. The van der Waals surface area contributed by atoms with E-state index in [1.54, 1.807) is 12.1 Å². The van der Waals surface area contributed by atoms with E-state index in [0.29, 0.717) is 21.4 Å². The predicted molar refractivity (Wildman–Crippen MR) is 54.3 cm³/mol. The largest absolute Gasteiger partial charge is 0.465 e. The zero-order valence-corrected chi connectivity index (χ0v) is 8.59. The summed E-state index contributed by atoms with van der Waals surface area (Å²) in [5.41, 5.74) is 12.3. The third kappa shape index (κ3) is 1.75. The Balaban J connectivity index is 3.26. The van der Waals surface area contributed by atoms with Crippen molar-refractivity contribution in [3.8, 4) is 0 Å². The van der Waals surface area contributed by atoms with Crippen LogP contribution in [0.5, 0.6) is 0 Å². The molecule has 0 saturated heterocycles. The second kappa shape index (κ2) is 3.66. The summed E-state index contributed by atoms with van der Waals surface area (Å²) in [6, 6.07) is 3.12. The lowest BCUT2D eigenvalue weighted by molar-refractivity contribution is 0.0600. The monoisotopic (exact) mass is 244 g/mol. The van der Waals surface area contributed by atoms with E-state index >= 15 is 0 Å². The van der Waals surface area contributed by atoms with Gasteiger partial charge in [0.2, 0.25) is 0 Å². The van der Waals surface area contributed by atoms with Crippen LogP contribution in [0.3, 0.4) is 0 Å². The summed E-state index contributed by atoms with van der Waals surface area (Å²) < 4.78 is 5.02. The molecule has 0 fully saturated rings. The molecule has 0 aromatic heterocycles. The van der Waals surface area contributed by atoms with Crippen LogP contribution in [-0.4, -0.2) is 13.1 Å². The fourth-order valence-electron chi connectivity index (χ4n) is 0.875. The number of hydrogen-bond acceptors (Lipinski definition) is 4. The molecule has 0 radical (unpaired) electrons. The molecule has 0 aliphatic heterocycles. The predicted octanol–water partition coefficient (Wildman–Crippen LogP) is 1.40. The number of anilines is 2. The van der Waals surface area contributed by atoms with Crippen LogP contribution in [-0.2, 0) is 4.74 Å². The van der Waals surface area contributed by atoms with Gasteiger partial charge in [0.15, 0.2) is 0 Å². The highest BCUT2D eigenvalue weighted by Crippen LogP contribution is 2.29. The quantitative estimate of drug-likeness (QED) is 0.579. The summed E-state index contributed by atoms with van der Waals surface area (Å²) in [6.07, 6.45) is 0. The third-order valence-corrected chi connectivity index (χ3v) is 2.47. The van der Waals surface area contributed by atoms with Crippen LogP contribution in [0.25, 0.3) is 0 Å². The molecular weight excluding hydrogens is 236 g/mol. The van der Waals surface area contributed by atoms with Crippen LogP contribution in [0.1, 0.15) is 10.4 Å².